The van der Waals surface area contributed by atoms with E-state index in [1.165, 1.54) is 0 Å². The fraction of sp³-hybridized carbons (Fsp3) is 1.00. The standard InChI is InChI=1S/C23H71N16P5/c1-24-41(29(2)3,30(4)5)25-40(26-42(31(6)7,32(8)9)33(10)11,27-43(34(12)13,35(14)15)36(16)17)28-44(37(18)19,38(20)21)39(22)23/h24,41H,1-23H3. The van der Waals surface area contributed by atoms with E-state index < -0.39 is 37.9 Å². The molecule has 0 fully saturated rings. The van der Waals surface area contributed by atoms with Gasteiger partial charge in [0.25, 0.3) is 0 Å². The number of rotatable bonds is 16. The normalized spacial score (nSPS) is 15.1. The predicted molar refractivity (Wildman–Crippen MR) is 205 cm³/mol. The topological polar surface area (TPSA) is 97.1 Å². The van der Waals surface area contributed by atoms with Gasteiger partial charge < -0.3 is 0 Å². The van der Waals surface area contributed by atoms with Gasteiger partial charge in [-0.05, 0) is 0 Å². The molecular formula is C23H71N16P5. The van der Waals surface area contributed by atoms with E-state index in [-0.39, 0.29) is 0 Å². The summed E-state index contributed by atoms with van der Waals surface area (Å²) in [6.07, 6.45) is 0. The molecule has 0 atom stereocenters. The third-order valence-electron chi connectivity index (χ3n) is 7.41. The molecule has 0 aliphatic heterocycles. The van der Waals surface area contributed by atoms with Gasteiger partial charge in [0.15, 0.2) is 0 Å². The Hall–Kier alpha value is 0.870. The molecule has 0 rings (SSSR count). The molecule has 268 valence electrons. The van der Waals surface area contributed by atoms with E-state index in [4.69, 9.17) is 18.1 Å². The molecule has 0 aromatic rings. The zero-order valence-electron chi connectivity index (χ0n) is 32.5. The van der Waals surface area contributed by atoms with Gasteiger partial charge in [-0.1, -0.05) is 0 Å². The van der Waals surface area contributed by atoms with E-state index in [2.05, 4.69) is 212 Å². The Morgan fingerprint density at radius 1 is 0.364 bits per heavy atom. The molecule has 0 aromatic carbocycles. The van der Waals surface area contributed by atoms with E-state index in [0.29, 0.717) is 0 Å². The molecule has 0 spiro atoms. The Labute approximate surface area is 274 Å². The van der Waals surface area contributed by atoms with Crippen LogP contribution in [-0.4, -0.2) is 213 Å². The van der Waals surface area contributed by atoms with Crippen LogP contribution in [0.5, 0.6) is 0 Å². The van der Waals surface area contributed by atoms with Crippen molar-refractivity contribution in [1.82, 2.24) is 56.5 Å². The molecule has 44 heavy (non-hydrogen) atoms. The summed E-state index contributed by atoms with van der Waals surface area (Å²) in [4.78, 5) is 0. The van der Waals surface area contributed by atoms with Crippen LogP contribution >= 0.6 is 37.9 Å². The van der Waals surface area contributed by atoms with E-state index in [1.807, 2.05) is 7.05 Å². The maximum absolute atomic E-state index is 6.04. The number of nitrogens with one attached hydrogen (secondary N) is 1. The summed E-state index contributed by atoms with van der Waals surface area (Å²) in [7, 11) is 34.1. The Morgan fingerprint density at radius 3 is 0.659 bits per heavy atom. The second-order valence-corrected chi connectivity index (χ2v) is 30.8. The quantitative estimate of drug-likeness (QED) is 0.226. The molecule has 1 N–H and O–H groups in total. The van der Waals surface area contributed by atoms with Crippen LogP contribution in [-0.2, 0) is 0 Å². The number of nitrogens with zero attached hydrogens (tertiary/aromatic N) is 15. The molecular weight excluding hydrogens is 655 g/mol. The van der Waals surface area contributed by atoms with Crippen LogP contribution in [0.2, 0.25) is 0 Å². The molecule has 0 heterocycles. The maximum atomic E-state index is 6.04. The van der Waals surface area contributed by atoms with Gasteiger partial charge in [0.2, 0.25) is 0 Å². The first kappa shape index (κ1) is 44.9. The van der Waals surface area contributed by atoms with Crippen molar-refractivity contribution in [1.29, 1.82) is 0 Å². The van der Waals surface area contributed by atoms with Crippen molar-refractivity contribution in [2.24, 2.45) is 18.1 Å². The van der Waals surface area contributed by atoms with Gasteiger partial charge in [-0.2, -0.15) is 0 Å². The Morgan fingerprint density at radius 2 is 0.545 bits per heavy atom. The van der Waals surface area contributed by atoms with Crippen molar-refractivity contribution in [3.63, 3.8) is 0 Å². The third kappa shape index (κ3) is 8.53. The average molecular weight is 727 g/mol. The van der Waals surface area contributed by atoms with Crippen LogP contribution in [0, 0.1) is 0 Å². The van der Waals surface area contributed by atoms with Gasteiger partial charge in [-0.25, -0.2) is 0 Å². The first-order valence-corrected chi connectivity index (χ1v) is 22.7. The molecule has 0 saturated heterocycles. The van der Waals surface area contributed by atoms with Crippen molar-refractivity contribution < 1.29 is 0 Å². The SMILES string of the molecule is CN[PH](N=P(N=P(N(C)C)(N(C)C)N(C)C)(N=P(N(C)C)(N(C)C)N(C)C)N=P(N(C)C)(N(C)C)N(C)C)(N(C)C)N(C)C. The summed E-state index contributed by atoms with van der Waals surface area (Å²) in [5, 5.41) is 3.68. The molecule has 16 nitrogen and oxygen atoms in total. The fourth-order valence-corrected chi connectivity index (χ4v) is 29.8. The van der Waals surface area contributed by atoms with E-state index in [9.17, 15) is 0 Å². The molecule has 21 heteroatoms. The van der Waals surface area contributed by atoms with Gasteiger partial charge >= 0.3 is 275 Å². The average Bonchev–Trinajstić information content (AvgIpc) is 2.85. The number of hydrogen-bond acceptors (Lipinski definition) is 4. The summed E-state index contributed by atoms with van der Waals surface area (Å²) < 4.78 is 48.6. The minimum absolute atomic E-state index is 2.00. The van der Waals surface area contributed by atoms with Crippen molar-refractivity contribution in [2.75, 3.05) is 162 Å². The van der Waals surface area contributed by atoms with Gasteiger partial charge in [-0.15, -0.1) is 0 Å². The summed E-state index contributed by atoms with van der Waals surface area (Å²) >= 11 is 0. The first-order chi connectivity index (χ1) is 19.8. The van der Waals surface area contributed by atoms with Crippen LogP contribution in [0.1, 0.15) is 0 Å². The fourth-order valence-electron chi connectivity index (χ4n) is 5.80. The van der Waals surface area contributed by atoms with Crippen LogP contribution < -0.4 is 5.09 Å². The van der Waals surface area contributed by atoms with Crippen LogP contribution in [0.25, 0.3) is 0 Å². The Balaban J connectivity index is 10.1. The Kier molecular flexibility index (Phi) is 17.3. The molecule has 0 bridgehead atoms. The monoisotopic (exact) mass is 726 g/mol. The van der Waals surface area contributed by atoms with Crippen molar-refractivity contribution in [3.05, 3.63) is 0 Å². The minimum atomic E-state index is -3.40. The summed E-state index contributed by atoms with van der Waals surface area (Å²) in [6.45, 7) is 0. The molecule has 0 aliphatic rings. The first-order valence-electron chi connectivity index (χ1n) is 14.5. The summed E-state index contributed by atoms with van der Waals surface area (Å²) in [6, 6.07) is 0. The zero-order chi connectivity index (χ0) is 35.4. The summed E-state index contributed by atoms with van der Waals surface area (Å²) in [5.74, 6) is 0. The zero-order valence-corrected chi connectivity index (χ0v) is 37.1. The van der Waals surface area contributed by atoms with Crippen LogP contribution in [0.3, 0.4) is 0 Å². The van der Waals surface area contributed by atoms with Crippen LogP contribution in [0.4, 0.5) is 0 Å². The van der Waals surface area contributed by atoms with Gasteiger partial charge in [0.05, 0.1) is 0 Å². The third-order valence-corrected chi connectivity index (χ3v) is 28.2. The van der Waals surface area contributed by atoms with Gasteiger partial charge in [0, 0.05) is 0 Å². The number of hydrogen-bond donors (Lipinski definition) is 1. The molecule has 0 amide bonds. The van der Waals surface area contributed by atoms with E-state index in [0.717, 1.165) is 0 Å². The molecule has 0 saturated carbocycles. The van der Waals surface area contributed by atoms with E-state index in [1.54, 1.807) is 0 Å². The van der Waals surface area contributed by atoms with E-state index >= 15 is 0 Å². The van der Waals surface area contributed by atoms with Crippen molar-refractivity contribution in [3.8, 4) is 0 Å². The van der Waals surface area contributed by atoms with Crippen LogP contribution in [0.15, 0.2) is 18.1 Å². The van der Waals surface area contributed by atoms with Crippen molar-refractivity contribution >= 4 is 37.9 Å². The molecule has 0 aromatic heterocycles. The second kappa shape index (κ2) is 17.0. The summed E-state index contributed by atoms with van der Waals surface area (Å²) in [5.41, 5.74) is 0. The predicted octanol–water partition coefficient (Wildman–Crippen LogP) is 4.58. The second-order valence-electron chi connectivity index (χ2n) is 12.8. The Bertz CT molecular complexity index is 934. The molecule has 0 unspecified atom stereocenters. The van der Waals surface area contributed by atoms with Gasteiger partial charge in [-0.3, -0.25) is 0 Å². The molecule has 0 radical (unpaired) electrons. The van der Waals surface area contributed by atoms with Crippen molar-refractivity contribution in [2.45, 2.75) is 0 Å². The van der Waals surface area contributed by atoms with Gasteiger partial charge in [0.1, 0.15) is 0 Å². The molecule has 0 aliphatic carbocycles.